The van der Waals surface area contributed by atoms with Gasteiger partial charge in [-0.05, 0) is 50.7 Å². The number of fused-ring (bicyclic) bond motifs is 1. The highest BCUT2D eigenvalue weighted by atomic mass is 16.5. The van der Waals surface area contributed by atoms with E-state index in [9.17, 15) is 0 Å². The molecule has 0 amide bonds. The third kappa shape index (κ3) is 1.99. The molecule has 3 heteroatoms. The van der Waals surface area contributed by atoms with Crippen molar-refractivity contribution in [2.45, 2.75) is 25.9 Å². The maximum absolute atomic E-state index is 5.26. The van der Waals surface area contributed by atoms with Crippen LogP contribution in [0.25, 0.3) is 10.9 Å². The zero-order valence-corrected chi connectivity index (χ0v) is 11.1. The summed E-state index contributed by atoms with van der Waals surface area (Å²) in [5, 5.41) is 1.25. The van der Waals surface area contributed by atoms with Gasteiger partial charge in [-0.3, -0.25) is 4.90 Å². The third-order valence-electron chi connectivity index (χ3n) is 3.95. The minimum atomic E-state index is 0.622. The summed E-state index contributed by atoms with van der Waals surface area (Å²) in [5.41, 5.74) is 1.29. The SMILES string of the molecule is COc1ccc2c(ccn2CC(C)N2CCC2)c1. The number of likely N-dealkylation sites (tertiary alicyclic amines) is 1. The fourth-order valence-electron chi connectivity index (χ4n) is 2.65. The van der Waals surface area contributed by atoms with Crippen molar-refractivity contribution in [2.75, 3.05) is 20.2 Å². The van der Waals surface area contributed by atoms with Gasteiger partial charge in [-0.25, -0.2) is 0 Å². The van der Waals surface area contributed by atoms with Gasteiger partial charge in [0.2, 0.25) is 0 Å². The number of benzene rings is 1. The molecule has 0 N–H and O–H groups in total. The van der Waals surface area contributed by atoms with Crippen molar-refractivity contribution in [1.82, 2.24) is 9.47 Å². The Hall–Kier alpha value is -1.48. The molecule has 1 saturated heterocycles. The van der Waals surface area contributed by atoms with E-state index in [-0.39, 0.29) is 0 Å². The van der Waals surface area contributed by atoms with E-state index in [1.807, 2.05) is 6.07 Å². The molecule has 0 aliphatic carbocycles. The molecule has 18 heavy (non-hydrogen) atoms. The molecule has 1 aromatic carbocycles. The van der Waals surface area contributed by atoms with Gasteiger partial charge in [0.25, 0.3) is 0 Å². The van der Waals surface area contributed by atoms with E-state index >= 15 is 0 Å². The second-order valence-electron chi connectivity index (χ2n) is 5.13. The van der Waals surface area contributed by atoms with Gasteiger partial charge < -0.3 is 9.30 Å². The fourth-order valence-corrected chi connectivity index (χ4v) is 2.65. The third-order valence-corrected chi connectivity index (χ3v) is 3.95. The van der Waals surface area contributed by atoms with Crippen molar-refractivity contribution >= 4 is 10.9 Å². The Kier molecular flexibility index (Phi) is 3.00. The molecule has 0 saturated carbocycles. The van der Waals surface area contributed by atoms with Gasteiger partial charge in [-0.1, -0.05) is 0 Å². The molecule has 1 aliphatic rings. The van der Waals surface area contributed by atoms with E-state index in [1.165, 1.54) is 30.4 Å². The van der Waals surface area contributed by atoms with Crippen LogP contribution in [0.3, 0.4) is 0 Å². The summed E-state index contributed by atoms with van der Waals surface area (Å²) in [5.74, 6) is 0.927. The number of methoxy groups -OCH3 is 1. The normalized spacial score (nSPS) is 17.7. The Morgan fingerprint density at radius 3 is 2.78 bits per heavy atom. The Labute approximate surface area is 108 Å². The molecule has 1 aromatic heterocycles. The average Bonchev–Trinajstić information content (AvgIpc) is 2.69. The molecule has 1 aliphatic heterocycles. The maximum Gasteiger partial charge on any atom is 0.119 e. The van der Waals surface area contributed by atoms with Crippen molar-refractivity contribution in [3.05, 3.63) is 30.5 Å². The molecule has 1 fully saturated rings. The smallest absolute Gasteiger partial charge is 0.119 e. The van der Waals surface area contributed by atoms with E-state index in [0.29, 0.717) is 6.04 Å². The molecule has 2 aromatic rings. The van der Waals surface area contributed by atoms with Crippen LogP contribution in [0.15, 0.2) is 30.5 Å². The molecule has 1 unspecified atom stereocenters. The molecule has 0 spiro atoms. The van der Waals surface area contributed by atoms with Crippen molar-refractivity contribution < 1.29 is 4.74 Å². The molecule has 1 atom stereocenters. The molecule has 0 radical (unpaired) electrons. The summed E-state index contributed by atoms with van der Waals surface area (Å²) in [6.45, 7) is 5.90. The molecule has 3 rings (SSSR count). The van der Waals surface area contributed by atoms with Gasteiger partial charge in [-0.15, -0.1) is 0 Å². The predicted octanol–water partition coefficient (Wildman–Crippen LogP) is 2.74. The molecular weight excluding hydrogens is 224 g/mol. The Balaban J connectivity index is 1.83. The van der Waals surface area contributed by atoms with Crippen LogP contribution in [-0.2, 0) is 6.54 Å². The first-order valence-corrected chi connectivity index (χ1v) is 6.65. The van der Waals surface area contributed by atoms with E-state index < -0.39 is 0 Å². The number of hydrogen-bond donors (Lipinski definition) is 0. The average molecular weight is 244 g/mol. The quantitative estimate of drug-likeness (QED) is 0.823. The van der Waals surface area contributed by atoms with Gasteiger partial charge in [0.15, 0.2) is 0 Å². The first-order chi connectivity index (χ1) is 8.78. The Morgan fingerprint density at radius 2 is 2.11 bits per heavy atom. The molecule has 0 bridgehead atoms. The predicted molar refractivity (Wildman–Crippen MR) is 74.1 cm³/mol. The summed E-state index contributed by atoms with van der Waals surface area (Å²) in [6.07, 6.45) is 3.54. The largest absolute Gasteiger partial charge is 0.497 e. The highest BCUT2D eigenvalue weighted by Crippen LogP contribution is 2.23. The minimum absolute atomic E-state index is 0.622. The number of hydrogen-bond acceptors (Lipinski definition) is 2. The van der Waals surface area contributed by atoms with Crippen LogP contribution in [-0.4, -0.2) is 35.7 Å². The number of aromatic nitrogens is 1. The lowest BCUT2D eigenvalue weighted by atomic mass is 10.1. The van der Waals surface area contributed by atoms with Crippen LogP contribution < -0.4 is 4.74 Å². The van der Waals surface area contributed by atoms with Crippen molar-refractivity contribution in [2.24, 2.45) is 0 Å². The minimum Gasteiger partial charge on any atom is -0.497 e. The lowest BCUT2D eigenvalue weighted by Gasteiger charge is -2.36. The van der Waals surface area contributed by atoms with Gasteiger partial charge in [0, 0.05) is 29.7 Å². The van der Waals surface area contributed by atoms with Gasteiger partial charge in [0.1, 0.15) is 5.75 Å². The Morgan fingerprint density at radius 1 is 1.28 bits per heavy atom. The van der Waals surface area contributed by atoms with E-state index in [2.05, 4.69) is 40.8 Å². The first-order valence-electron chi connectivity index (χ1n) is 6.65. The zero-order valence-electron chi connectivity index (χ0n) is 11.1. The van der Waals surface area contributed by atoms with Gasteiger partial charge in [-0.2, -0.15) is 0 Å². The lowest BCUT2D eigenvalue weighted by molar-refractivity contribution is 0.117. The summed E-state index contributed by atoms with van der Waals surface area (Å²) in [7, 11) is 1.71. The van der Waals surface area contributed by atoms with Crippen LogP contribution >= 0.6 is 0 Å². The summed E-state index contributed by atoms with van der Waals surface area (Å²) in [4.78, 5) is 2.54. The topological polar surface area (TPSA) is 17.4 Å². The summed E-state index contributed by atoms with van der Waals surface area (Å²) >= 11 is 0. The van der Waals surface area contributed by atoms with Crippen molar-refractivity contribution in [3.63, 3.8) is 0 Å². The maximum atomic E-state index is 5.26. The Bertz CT molecular complexity index is 542. The zero-order chi connectivity index (χ0) is 12.5. The second-order valence-corrected chi connectivity index (χ2v) is 5.13. The fraction of sp³-hybridized carbons (Fsp3) is 0.467. The van der Waals surface area contributed by atoms with Crippen LogP contribution in [0.5, 0.6) is 5.75 Å². The monoisotopic (exact) mass is 244 g/mol. The van der Waals surface area contributed by atoms with Crippen molar-refractivity contribution in [3.8, 4) is 5.75 Å². The highest BCUT2D eigenvalue weighted by molar-refractivity contribution is 5.81. The van der Waals surface area contributed by atoms with Gasteiger partial charge >= 0.3 is 0 Å². The van der Waals surface area contributed by atoms with E-state index in [4.69, 9.17) is 4.74 Å². The summed E-state index contributed by atoms with van der Waals surface area (Å²) in [6, 6.07) is 9.07. The second kappa shape index (κ2) is 4.65. The number of ether oxygens (including phenoxy) is 1. The molecule has 96 valence electrons. The van der Waals surface area contributed by atoms with Crippen LogP contribution in [0, 0.1) is 0 Å². The van der Waals surface area contributed by atoms with Crippen molar-refractivity contribution in [1.29, 1.82) is 0 Å². The van der Waals surface area contributed by atoms with Gasteiger partial charge in [0.05, 0.1) is 7.11 Å². The number of rotatable bonds is 4. The molecular formula is C15H20N2O. The first kappa shape index (κ1) is 11.6. The highest BCUT2D eigenvalue weighted by Gasteiger charge is 2.20. The van der Waals surface area contributed by atoms with Crippen LogP contribution in [0.4, 0.5) is 0 Å². The number of nitrogens with zero attached hydrogens (tertiary/aromatic N) is 2. The summed E-state index contributed by atoms with van der Waals surface area (Å²) < 4.78 is 7.60. The molecule has 2 heterocycles. The van der Waals surface area contributed by atoms with Crippen LogP contribution in [0.2, 0.25) is 0 Å². The molecule has 3 nitrogen and oxygen atoms in total. The lowest BCUT2D eigenvalue weighted by Crippen LogP contribution is -2.45. The van der Waals surface area contributed by atoms with E-state index in [1.54, 1.807) is 7.11 Å². The van der Waals surface area contributed by atoms with Crippen LogP contribution in [0.1, 0.15) is 13.3 Å². The van der Waals surface area contributed by atoms with E-state index in [0.717, 1.165) is 12.3 Å². The standard InChI is InChI=1S/C15H20N2O/c1-12(16-7-3-8-16)11-17-9-6-13-10-14(18-2)4-5-15(13)17/h4-6,9-10,12H,3,7-8,11H2,1-2H3.